The first-order chi connectivity index (χ1) is 15.6. The quantitative estimate of drug-likeness (QED) is 0.467. The number of benzene rings is 2. The molecule has 1 saturated carbocycles. The molecule has 0 aliphatic heterocycles. The van der Waals surface area contributed by atoms with E-state index in [4.69, 9.17) is 4.42 Å². The molecule has 0 bridgehead atoms. The van der Waals surface area contributed by atoms with Gasteiger partial charge in [0, 0.05) is 19.0 Å². The average molecular weight is 431 g/mol. The van der Waals surface area contributed by atoms with Crippen molar-refractivity contribution >= 4 is 11.8 Å². The molecule has 2 aromatic carbocycles. The molecule has 0 N–H and O–H groups in total. The largest absolute Gasteiger partial charge is 0.464 e. The number of carbonyl (C=O) groups is 2. The predicted molar refractivity (Wildman–Crippen MR) is 124 cm³/mol. The van der Waals surface area contributed by atoms with E-state index in [1.165, 1.54) is 0 Å². The van der Waals surface area contributed by atoms with Gasteiger partial charge in [-0.2, -0.15) is 0 Å². The summed E-state index contributed by atoms with van der Waals surface area (Å²) in [6.45, 7) is 2.88. The first kappa shape index (κ1) is 21.9. The van der Waals surface area contributed by atoms with E-state index in [9.17, 15) is 9.59 Å². The molecule has 4 rings (SSSR count). The summed E-state index contributed by atoms with van der Waals surface area (Å²) in [7, 11) is 0. The van der Waals surface area contributed by atoms with E-state index in [0.29, 0.717) is 25.9 Å². The lowest BCUT2D eigenvalue weighted by molar-refractivity contribution is -0.141. The van der Waals surface area contributed by atoms with Crippen LogP contribution in [0, 0.1) is 6.92 Å². The lowest BCUT2D eigenvalue weighted by atomic mass is 10.1. The van der Waals surface area contributed by atoms with Crippen LogP contribution in [0.25, 0.3) is 0 Å². The van der Waals surface area contributed by atoms with E-state index in [1.807, 2.05) is 79.7 Å². The molecule has 5 heteroatoms. The van der Waals surface area contributed by atoms with Crippen LogP contribution in [0.2, 0.25) is 0 Å². The monoisotopic (exact) mass is 430 g/mol. The van der Waals surface area contributed by atoms with Crippen LogP contribution in [0.4, 0.5) is 0 Å². The molecule has 1 fully saturated rings. The van der Waals surface area contributed by atoms with Gasteiger partial charge >= 0.3 is 0 Å². The number of aryl methyl sites for hydroxylation is 2. The van der Waals surface area contributed by atoms with Gasteiger partial charge in [0.1, 0.15) is 18.1 Å². The molecule has 1 aliphatic carbocycles. The number of rotatable bonds is 10. The molecule has 0 unspecified atom stereocenters. The Hall–Kier alpha value is -3.34. The van der Waals surface area contributed by atoms with Crippen LogP contribution < -0.4 is 0 Å². The van der Waals surface area contributed by atoms with Crippen molar-refractivity contribution in [2.24, 2.45) is 0 Å². The Morgan fingerprint density at radius 3 is 2.09 bits per heavy atom. The van der Waals surface area contributed by atoms with Gasteiger partial charge in [-0.3, -0.25) is 9.59 Å². The summed E-state index contributed by atoms with van der Waals surface area (Å²) in [6.07, 6.45) is 3.06. The second kappa shape index (κ2) is 10.3. The normalized spacial score (nSPS) is 13.0. The van der Waals surface area contributed by atoms with Crippen LogP contribution in [0.3, 0.4) is 0 Å². The number of hydrogen-bond acceptors (Lipinski definition) is 3. The van der Waals surface area contributed by atoms with Gasteiger partial charge in [0.25, 0.3) is 0 Å². The first-order valence-corrected chi connectivity index (χ1v) is 11.3. The van der Waals surface area contributed by atoms with Crippen LogP contribution in [0.1, 0.15) is 41.9 Å². The van der Waals surface area contributed by atoms with Crippen LogP contribution >= 0.6 is 0 Å². The summed E-state index contributed by atoms with van der Waals surface area (Å²) in [6, 6.07) is 23.9. The molecule has 0 atom stereocenters. The molecular weight excluding hydrogens is 400 g/mol. The number of hydrogen-bond donors (Lipinski definition) is 0. The number of carbonyl (C=O) groups excluding carboxylic acids is 2. The molecule has 2 amide bonds. The van der Waals surface area contributed by atoms with Crippen molar-refractivity contribution in [3.05, 3.63) is 95.4 Å². The Morgan fingerprint density at radius 1 is 0.844 bits per heavy atom. The Kier molecular flexibility index (Phi) is 7.05. The molecule has 1 aromatic heterocycles. The zero-order valence-electron chi connectivity index (χ0n) is 18.6. The average Bonchev–Trinajstić information content (AvgIpc) is 3.57. The van der Waals surface area contributed by atoms with Crippen LogP contribution in [0.5, 0.6) is 0 Å². The Morgan fingerprint density at radius 2 is 1.50 bits per heavy atom. The van der Waals surface area contributed by atoms with Gasteiger partial charge in [-0.05, 0) is 49.4 Å². The summed E-state index contributed by atoms with van der Waals surface area (Å²) in [5.74, 6) is 1.57. The number of furan rings is 1. The third-order valence-corrected chi connectivity index (χ3v) is 5.80. The second-order valence-corrected chi connectivity index (χ2v) is 8.49. The van der Waals surface area contributed by atoms with E-state index < -0.39 is 0 Å². The van der Waals surface area contributed by atoms with Crippen molar-refractivity contribution in [1.29, 1.82) is 0 Å². The van der Waals surface area contributed by atoms with Gasteiger partial charge < -0.3 is 14.2 Å². The highest BCUT2D eigenvalue weighted by Gasteiger charge is 2.34. The minimum absolute atomic E-state index is 0.0529. The molecule has 32 heavy (non-hydrogen) atoms. The predicted octanol–water partition coefficient (Wildman–Crippen LogP) is 4.74. The molecule has 1 aliphatic rings. The van der Waals surface area contributed by atoms with Gasteiger partial charge in [-0.15, -0.1) is 0 Å². The third-order valence-electron chi connectivity index (χ3n) is 5.80. The van der Waals surface area contributed by atoms with Crippen LogP contribution in [-0.4, -0.2) is 34.2 Å². The van der Waals surface area contributed by atoms with Crippen LogP contribution in [0.15, 0.2) is 77.2 Å². The van der Waals surface area contributed by atoms with Crippen molar-refractivity contribution < 1.29 is 14.0 Å². The van der Waals surface area contributed by atoms with E-state index in [2.05, 4.69) is 0 Å². The maximum absolute atomic E-state index is 13.4. The molecule has 0 radical (unpaired) electrons. The molecule has 166 valence electrons. The fourth-order valence-electron chi connectivity index (χ4n) is 3.89. The lowest BCUT2D eigenvalue weighted by Gasteiger charge is -2.27. The van der Waals surface area contributed by atoms with E-state index in [-0.39, 0.29) is 24.4 Å². The third kappa shape index (κ3) is 6.10. The zero-order valence-corrected chi connectivity index (χ0v) is 18.6. The lowest BCUT2D eigenvalue weighted by Crippen LogP contribution is -2.43. The van der Waals surface area contributed by atoms with Gasteiger partial charge in [0.2, 0.25) is 11.8 Å². The molecule has 1 heterocycles. The molecule has 0 spiro atoms. The Labute approximate surface area is 189 Å². The van der Waals surface area contributed by atoms with Crippen molar-refractivity contribution in [3.63, 3.8) is 0 Å². The van der Waals surface area contributed by atoms with Gasteiger partial charge in [0.05, 0.1) is 6.54 Å². The van der Waals surface area contributed by atoms with Crippen molar-refractivity contribution in [1.82, 2.24) is 9.80 Å². The Bertz CT molecular complexity index is 1030. The summed E-state index contributed by atoms with van der Waals surface area (Å²) >= 11 is 0. The van der Waals surface area contributed by atoms with E-state index >= 15 is 0 Å². The summed E-state index contributed by atoms with van der Waals surface area (Å²) in [5, 5.41) is 0. The number of nitrogens with zero attached hydrogens (tertiary/aromatic N) is 2. The standard InChI is InChI=1S/C27H30N2O3/c1-21-12-16-25(32-21)19-28(18-23-10-6-3-7-11-23)27(31)20-29(24-14-15-24)26(30)17-13-22-8-4-2-5-9-22/h2-12,16,24H,13-15,17-20H2,1H3. The molecule has 3 aromatic rings. The van der Waals surface area contributed by atoms with Gasteiger partial charge in [0.15, 0.2) is 0 Å². The minimum atomic E-state index is -0.0529. The summed E-state index contributed by atoms with van der Waals surface area (Å²) < 4.78 is 5.73. The highest BCUT2D eigenvalue weighted by molar-refractivity contribution is 5.85. The minimum Gasteiger partial charge on any atom is -0.464 e. The summed E-state index contributed by atoms with van der Waals surface area (Å²) in [5.41, 5.74) is 2.19. The first-order valence-electron chi connectivity index (χ1n) is 11.3. The molecule has 5 nitrogen and oxygen atoms in total. The summed E-state index contributed by atoms with van der Waals surface area (Å²) in [4.78, 5) is 30.0. The van der Waals surface area contributed by atoms with Gasteiger partial charge in [-0.25, -0.2) is 0 Å². The van der Waals surface area contributed by atoms with Crippen molar-refractivity contribution in [3.8, 4) is 0 Å². The topological polar surface area (TPSA) is 53.8 Å². The van der Waals surface area contributed by atoms with Crippen molar-refractivity contribution in [2.45, 2.75) is 51.7 Å². The highest BCUT2D eigenvalue weighted by Crippen LogP contribution is 2.28. The second-order valence-electron chi connectivity index (χ2n) is 8.49. The molecular formula is C27H30N2O3. The highest BCUT2D eigenvalue weighted by atomic mass is 16.3. The van der Waals surface area contributed by atoms with Crippen molar-refractivity contribution in [2.75, 3.05) is 6.54 Å². The maximum atomic E-state index is 13.4. The zero-order chi connectivity index (χ0) is 22.3. The van der Waals surface area contributed by atoms with E-state index in [0.717, 1.165) is 35.5 Å². The fourth-order valence-corrected chi connectivity index (χ4v) is 3.89. The fraction of sp³-hybridized carbons (Fsp3) is 0.333. The Balaban J connectivity index is 1.43. The molecule has 0 saturated heterocycles. The number of amides is 2. The van der Waals surface area contributed by atoms with Gasteiger partial charge in [-0.1, -0.05) is 60.7 Å². The van der Waals surface area contributed by atoms with E-state index in [1.54, 1.807) is 9.80 Å². The van der Waals surface area contributed by atoms with Crippen LogP contribution in [-0.2, 0) is 29.1 Å². The maximum Gasteiger partial charge on any atom is 0.242 e. The smallest absolute Gasteiger partial charge is 0.242 e. The SMILES string of the molecule is Cc1ccc(CN(Cc2ccccc2)C(=O)CN(C(=O)CCc2ccccc2)C2CC2)o1.